The summed E-state index contributed by atoms with van der Waals surface area (Å²) in [5, 5.41) is 9.10. The summed E-state index contributed by atoms with van der Waals surface area (Å²) in [4.78, 5) is 23.8. The topological polar surface area (TPSA) is 70.2 Å². The smallest absolute Gasteiger partial charge is 0.239 e. The highest BCUT2D eigenvalue weighted by atomic mass is 16.2. The molecule has 1 aromatic carbocycles. The number of amides is 2. The van der Waals surface area contributed by atoms with E-state index in [1.807, 2.05) is 25.1 Å². The molecule has 1 aliphatic carbocycles. The third-order valence-electron chi connectivity index (χ3n) is 4.24. The van der Waals surface area contributed by atoms with Gasteiger partial charge in [-0.25, -0.2) is 0 Å². The van der Waals surface area contributed by atoms with E-state index in [-0.39, 0.29) is 30.3 Å². The molecule has 1 fully saturated rings. The Morgan fingerprint density at radius 2 is 1.91 bits per heavy atom. The molecule has 23 heavy (non-hydrogen) atoms. The molecule has 0 aromatic heterocycles. The van der Waals surface area contributed by atoms with Gasteiger partial charge in [-0.2, -0.15) is 0 Å². The number of rotatable bonds is 8. The fourth-order valence-electron chi connectivity index (χ4n) is 2.43. The average Bonchev–Trinajstić information content (AvgIpc) is 3.38. The summed E-state index contributed by atoms with van der Waals surface area (Å²) in [6.07, 6.45) is 3.84. The molecule has 0 aliphatic heterocycles. The minimum absolute atomic E-state index is 0.00878. The van der Waals surface area contributed by atoms with Crippen molar-refractivity contribution in [3.05, 3.63) is 23.8 Å². The van der Waals surface area contributed by atoms with Gasteiger partial charge < -0.3 is 16.0 Å². The average molecular weight is 317 g/mol. The lowest BCUT2D eigenvalue weighted by Gasteiger charge is -2.16. The van der Waals surface area contributed by atoms with E-state index in [9.17, 15) is 9.59 Å². The Labute approximate surface area is 138 Å². The van der Waals surface area contributed by atoms with Gasteiger partial charge in [0.15, 0.2) is 0 Å². The van der Waals surface area contributed by atoms with Crippen molar-refractivity contribution in [2.45, 2.75) is 52.5 Å². The Kier molecular flexibility index (Phi) is 6.02. The molecule has 2 rings (SSSR count). The monoisotopic (exact) mass is 317 g/mol. The van der Waals surface area contributed by atoms with E-state index in [0.717, 1.165) is 42.6 Å². The second kappa shape index (κ2) is 7.99. The van der Waals surface area contributed by atoms with Gasteiger partial charge in [0.25, 0.3) is 0 Å². The molecule has 0 unspecified atom stereocenters. The summed E-state index contributed by atoms with van der Waals surface area (Å²) in [5.41, 5.74) is 2.69. The lowest BCUT2D eigenvalue weighted by atomic mass is 10.1. The number of benzene rings is 1. The van der Waals surface area contributed by atoms with Gasteiger partial charge in [-0.1, -0.05) is 19.9 Å². The first kappa shape index (κ1) is 17.3. The third kappa shape index (κ3) is 5.27. The molecular formula is C18H27N3O2. The predicted molar refractivity (Wildman–Crippen MR) is 93.5 cm³/mol. The minimum Gasteiger partial charge on any atom is -0.376 e. The molecular weight excluding hydrogens is 290 g/mol. The van der Waals surface area contributed by atoms with Gasteiger partial charge >= 0.3 is 0 Å². The summed E-state index contributed by atoms with van der Waals surface area (Å²) >= 11 is 0. The van der Waals surface area contributed by atoms with Crippen molar-refractivity contribution in [1.29, 1.82) is 0 Å². The van der Waals surface area contributed by atoms with Crippen molar-refractivity contribution in [3.63, 3.8) is 0 Å². The number of carbonyl (C=O) groups is 2. The van der Waals surface area contributed by atoms with E-state index < -0.39 is 0 Å². The molecule has 0 spiro atoms. The second-order valence-electron chi connectivity index (χ2n) is 6.23. The molecule has 5 nitrogen and oxygen atoms in total. The van der Waals surface area contributed by atoms with E-state index >= 15 is 0 Å². The predicted octanol–water partition coefficient (Wildman–Crippen LogP) is 3.06. The van der Waals surface area contributed by atoms with Crippen LogP contribution in [0.2, 0.25) is 0 Å². The number of aryl methyl sites for hydroxylation is 1. The van der Waals surface area contributed by atoms with E-state index in [1.165, 1.54) is 0 Å². The van der Waals surface area contributed by atoms with Gasteiger partial charge in [0.1, 0.15) is 0 Å². The van der Waals surface area contributed by atoms with Crippen molar-refractivity contribution in [3.8, 4) is 0 Å². The van der Waals surface area contributed by atoms with Crippen molar-refractivity contribution >= 4 is 23.2 Å². The SMILES string of the molecule is CCC(CC)NC(=O)CNc1cc(NC(=O)C2CC2)ccc1C. The van der Waals surface area contributed by atoms with Gasteiger partial charge in [-0.3, -0.25) is 9.59 Å². The van der Waals surface area contributed by atoms with E-state index in [0.29, 0.717) is 0 Å². The molecule has 0 saturated heterocycles. The maximum atomic E-state index is 12.0. The van der Waals surface area contributed by atoms with Gasteiger partial charge in [0.05, 0.1) is 6.54 Å². The maximum absolute atomic E-state index is 12.0. The maximum Gasteiger partial charge on any atom is 0.239 e. The number of hydrogen-bond donors (Lipinski definition) is 3. The Morgan fingerprint density at radius 1 is 1.22 bits per heavy atom. The zero-order chi connectivity index (χ0) is 16.8. The molecule has 2 amide bonds. The van der Waals surface area contributed by atoms with Crippen LogP contribution in [0, 0.1) is 12.8 Å². The van der Waals surface area contributed by atoms with Gasteiger partial charge in [-0.15, -0.1) is 0 Å². The standard InChI is InChI=1S/C18H27N3O2/c1-4-14(5-2)20-17(22)11-19-16-10-15(9-6-12(16)3)21-18(23)13-7-8-13/h6,9-10,13-14,19H,4-5,7-8,11H2,1-3H3,(H,20,22)(H,21,23). The van der Waals surface area contributed by atoms with Crippen molar-refractivity contribution in [1.82, 2.24) is 5.32 Å². The first-order valence-electron chi connectivity index (χ1n) is 8.48. The van der Waals surface area contributed by atoms with E-state index in [1.54, 1.807) is 0 Å². The van der Waals surface area contributed by atoms with Crippen LogP contribution in [0.5, 0.6) is 0 Å². The fraction of sp³-hybridized carbons (Fsp3) is 0.556. The largest absolute Gasteiger partial charge is 0.376 e. The van der Waals surface area contributed by atoms with Crippen LogP contribution in [0.25, 0.3) is 0 Å². The molecule has 3 N–H and O–H groups in total. The van der Waals surface area contributed by atoms with Crippen LogP contribution >= 0.6 is 0 Å². The van der Waals surface area contributed by atoms with Crippen molar-refractivity contribution in [2.24, 2.45) is 5.92 Å². The van der Waals surface area contributed by atoms with Crippen LogP contribution in [-0.2, 0) is 9.59 Å². The van der Waals surface area contributed by atoms with Gasteiger partial charge in [-0.05, 0) is 50.3 Å². The zero-order valence-electron chi connectivity index (χ0n) is 14.2. The molecule has 5 heteroatoms. The number of nitrogens with one attached hydrogen (secondary N) is 3. The fourth-order valence-corrected chi connectivity index (χ4v) is 2.43. The van der Waals surface area contributed by atoms with Gasteiger partial charge in [0.2, 0.25) is 11.8 Å². The van der Waals surface area contributed by atoms with Crippen LogP contribution in [0.1, 0.15) is 45.1 Å². The Bertz CT molecular complexity index is 563. The summed E-state index contributed by atoms with van der Waals surface area (Å²) < 4.78 is 0. The Balaban J connectivity index is 1.90. The lowest BCUT2D eigenvalue weighted by Crippen LogP contribution is -2.37. The van der Waals surface area contributed by atoms with Crippen LogP contribution in [0.4, 0.5) is 11.4 Å². The van der Waals surface area contributed by atoms with Crippen molar-refractivity contribution in [2.75, 3.05) is 17.2 Å². The Morgan fingerprint density at radius 3 is 2.52 bits per heavy atom. The van der Waals surface area contributed by atoms with Crippen molar-refractivity contribution < 1.29 is 9.59 Å². The lowest BCUT2D eigenvalue weighted by molar-refractivity contribution is -0.120. The third-order valence-corrected chi connectivity index (χ3v) is 4.24. The molecule has 1 aromatic rings. The summed E-state index contributed by atoms with van der Waals surface area (Å²) in [6, 6.07) is 5.96. The highest BCUT2D eigenvalue weighted by molar-refractivity contribution is 5.94. The number of anilines is 2. The Hall–Kier alpha value is -2.04. The van der Waals surface area contributed by atoms with Gasteiger partial charge in [0, 0.05) is 23.3 Å². The summed E-state index contributed by atoms with van der Waals surface area (Å²) in [5.74, 6) is 0.260. The summed E-state index contributed by atoms with van der Waals surface area (Å²) in [7, 11) is 0. The molecule has 0 radical (unpaired) electrons. The molecule has 1 aliphatic rings. The molecule has 0 heterocycles. The minimum atomic E-state index is -0.00878. The van der Waals surface area contributed by atoms with Crippen LogP contribution in [0.3, 0.4) is 0 Å². The van der Waals surface area contributed by atoms with E-state index in [2.05, 4.69) is 29.8 Å². The summed E-state index contributed by atoms with van der Waals surface area (Å²) in [6.45, 7) is 6.35. The number of carbonyl (C=O) groups excluding carboxylic acids is 2. The first-order valence-corrected chi connectivity index (χ1v) is 8.48. The van der Waals surface area contributed by atoms with Crippen LogP contribution in [-0.4, -0.2) is 24.4 Å². The zero-order valence-corrected chi connectivity index (χ0v) is 14.2. The molecule has 1 saturated carbocycles. The molecule has 0 bridgehead atoms. The van der Waals surface area contributed by atoms with E-state index in [4.69, 9.17) is 0 Å². The highest BCUT2D eigenvalue weighted by Gasteiger charge is 2.29. The quantitative estimate of drug-likeness (QED) is 0.690. The molecule has 126 valence electrons. The second-order valence-corrected chi connectivity index (χ2v) is 6.23. The normalized spacial score (nSPS) is 13.7. The number of hydrogen-bond acceptors (Lipinski definition) is 3. The van der Waals surface area contributed by atoms with Crippen LogP contribution in [0.15, 0.2) is 18.2 Å². The molecule has 0 atom stereocenters. The first-order chi connectivity index (χ1) is 11.0. The highest BCUT2D eigenvalue weighted by Crippen LogP contribution is 2.30. The van der Waals surface area contributed by atoms with Crippen LogP contribution < -0.4 is 16.0 Å².